The summed E-state index contributed by atoms with van der Waals surface area (Å²) in [5.41, 5.74) is 3.72. The van der Waals surface area contributed by atoms with E-state index < -0.39 is 11.9 Å². The van der Waals surface area contributed by atoms with E-state index in [1.54, 1.807) is 0 Å². The predicted octanol–water partition coefficient (Wildman–Crippen LogP) is 3.83. The fraction of sp³-hybridized carbons (Fsp3) is 0.706. The summed E-state index contributed by atoms with van der Waals surface area (Å²) < 4.78 is 44.3. The summed E-state index contributed by atoms with van der Waals surface area (Å²) >= 11 is 0. The summed E-state index contributed by atoms with van der Waals surface area (Å²) in [6.07, 6.45) is -0.733. The van der Waals surface area contributed by atoms with Gasteiger partial charge >= 0.3 is 6.18 Å². The molecular formula is C17H26F3N2O+. The number of rotatable bonds is 3. The van der Waals surface area contributed by atoms with Crippen LogP contribution in [0.15, 0.2) is 12.1 Å². The van der Waals surface area contributed by atoms with E-state index in [-0.39, 0.29) is 17.4 Å². The van der Waals surface area contributed by atoms with Gasteiger partial charge in [0, 0.05) is 0 Å². The monoisotopic (exact) mass is 331 g/mol. The summed E-state index contributed by atoms with van der Waals surface area (Å²) in [5.74, 6) is 0.721. The second-order valence-electron chi connectivity index (χ2n) is 7.37. The molecule has 2 rings (SSSR count). The average molecular weight is 331 g/mol. The van der Waals surface area contributed by atoms with Crippen LogP contribution in [0.4, 0.5) is 13.2 Å². The number of alkyl halides is 3. The molecule has 0 bridgehead atoms. The summed E-state index contributed by atoms with van der Waals surface area (Å²) in [7, 11) is 0. The average Bonchev–Trinajstić information content (AvgIpc) is 2.46. The van der Waals surface area contributed by atoms with Crippen molar-refractivity contribution in [3.8, 4) is 5.88 Å². The Hall–Kier alpha value is -1.30. The summed E-state index contributed by atoms with van der Waals surface area (Å²) in [5, 5.41) is 0. The van der Waals surface area contributed by atoms with Crippen LogP contribution >= 0.6 is 0 Å². The first-order valence-electron chi connectivity index (χ1n) is 8.14. The Morgan fingerprint density at radius 2 is 1.74 bits per heavy atom. The number of aromatic nitrogens is 1. The number of hydrogen-bond acceptors (Lipinski definition) is 2. The lowest BCUT2D eigenvalue weighted by Crippen LogP contribution is -2.47. The lowest BCUT2D eigenvalue weighted by Gasteiger charge is -2.36. The van der Waals surface area contributed by atoms with Crippen LogP contribution < -0.4 is 10.5 Å². The van der Waals surface area contributed by atoms with Crippen LogP contribution in [0.25, 0.3) is 0 Å². The van der Waals surface area contributed by atoms with E-state index in [4.69, 9.17) is 4.74 Å². The maximum absolute atomic E-state index is 12.8. The molecule has 130 valence electrons. The number of hydrogen-bond donors (Lipinski definition) is 1. The van der Waals surface area contributed by atoms with Crippen molar-refractivity contribution < 1.29 is 23.6 Å². The van der Waals surface area contributed by atoms with Crippen LogP contribution in [0.1, 0.15) is 57.7 Å². The first-order chi connectivity index (χ1) is 10.6. The number of quaternary nitrogens is 1. The molecule has 1 saturated carbocycles. The zero-order valence-electron chi connectivity index (χ0n) is 14.0. The molecule has 1 aliphatic rings. The molecule has 23 heavy (non-hydrogen) atoms. The van der Waals surface area contributed by atoms with Crippen LogP contribution in [0.5, 0.6) is 5.88 Å². The summed E-state index contributed by atoms with van der Waals surface area (Å²) in [6.45, 7) is 7.05. The third-order valence-corrected chi connectivity index (χ3v) is 4.68. The van der Waals surface area contributed by atoms with Gasteiger partial charge in [0.05, 0.1) is 5.56 Å². The van der Waals surface area contributed by atoms with Gasteiger partial charge in [0.1, 0.15) is 18.3 Å². The second kappa shape index (κ2) is 6.67. The van der Waals surface area contributed by atoms with E-state index in [1.807, 2.05) is 0 Å². The van der Waals surface area contributed by atoms with E-state index >= 15 is 0 Å². The first kappa shape index (κ1) is 18.0. The lowest BCUT2D eigenvalue weighted by atomic mass is 9.72. The molecule has 1 aromatic heterocycles. The number of pyridine rings is 1. The third-order valence-electron chi connectivity index (χ3n) is 4.68. The molecule has 3 N–H and O–H groups in total. The van der Waals surface area contributed by atoms with Crippen molar-refractivity contribution in [3.63, 3.8) is 0 Å². The molecule has 1 aliphatic carbocycles. The molecule has 0 aromatic carbocycles. The molecule has 1 fully saturated rings. The summed E-state index contributed by atoms with van der Waals surface area (Å²) in [4.78, 5) is 3.69. The van der Waals surface area contributed by atoms with Crippen molar-refractivity contribution >= 4 is 0 Å². The van der Waals surface area contributed by atoms with E-state index in [1.165, 1.54) is 6.07 Å². The first-order valence-corrected chi connectivity index (χ1v) is 8.14. The smallest absolute Gasteiger partial charge is 0.433 e. The van der Waals surface area contributed by atoms with Crippen molar-refractivity contribution in [2.45, 2.75) is 65.3 Å². The maximum Gasteiger partial charge on any atom is 0.433 e. The predicted molar refractivity (Wildman–Crippen MR) is 81.7 cm³/mol. The third kappa shape index (κ3) is 4.59. The molecule has 0 spiro atoms. The van der Waals surface area contributed by atoms with E-state index in [0.29, 0.717) is 18.0 Å². The number of ether oxygens (including phenoxy) is 1. The van der Waals surface area contributed by atoms with Gasteiger partial charge in [0.2, 0.25) is 5.88 Å². The molecule has 0 unspecified atom stereocenters. The van der Waals surface area contributed by atoms with Crippen LogP contribution in [-0.2, 0) is 12.7 Å². The van der Waals surface area contributed by atoms with Gasteiger partial charge in [-0.1, -0.05) is 20.8 Å². The van der Waals surface area contributed by atoms with Gasteiger partial charge in [-0.2, -0.15) is 13.2 Å². The highest BCUT2D eigenvalue weighted by atomic mass is 19.4. The van der Waals surface area contributed by atoms with Crippen molar-refractivity contribution in [2.75, 3.05) is 0 Å². The molecule has 0 amide bonds. The lowest BCUT2D eigenvalue weighted by molar-refractivity contribution is -0.386. The van der Waals surface area contributed by atoms with Crippen molar-refractivity contribution in [2.24, 2.45) is 11.3 Å². The highest BCUT2D eigenvalue weighted by Gasteiger charge is 2.34. The van der Waals surface area contributed by atoms with Crippen LogP contribution in [0.2, 0.25) is 0 Å². The van der Waals surface area contributed by atoms with Gasteiger partial charge in [0.15, 0.2) is 0 Å². The molecule has 6 heteroatoms. The normalized spacial score (nSPS) is 22.9. The van der Waals surface area contributed by atoms with Crippen molar-refractivity contribution in [1.29, 1.82) is 0 Å². The number of nitrogens with zero attached hydrogens (tertiary/aromatic N) is 1. The van der Waals surface area contributed by atoms with Gasteiger partial charge in [0.25, 0.3) is 0 Å². The minimum atomic E-state index is -4.46. The molecule has 1 aromatic rings. The van der Waals surface area contributed by atoms with Gasteiger partial charge < -0.3 is 10.5 Å². The topological polar surface area (TPSA) is 49.8 Å². The molecule has 1 heterocycles. The fourth-order valence-electron chi connectivity index (χ4n) is 3.12. The molecule has 0 atom stereocenters. The van der Waals surface area contributed by atoms with Gasteiger partial charge in [-0.25, -0.2) is 4.98 Å². The molecule has 0 aliphatic heterocycles. The Kier molecular flexibility index (Phi) is 5.23. The Bertz CT molecular complexity index is 530. The van der Waals surface area contributed by atoms with E-state index in [2.05, 4.69) is 31.5 Å². The summed E-state index contributed by atoms with van der Waals surface area (Å²) in [6, 6.07) is 2.41. The second-order valence-corrected chi connectivity index (χ2v) is 7.37. The minimum absolute atomic E-state index is 0.0603. The minimum Gasteiger partial charge on any atom is -0.474 e. The van der Waals surface area contributed by atoms with Crippen LogP contribution in [0, 0.1) is 11.3 Å². The van der Waals surface area contributed by atoms with Gasteiger partial charge in [-0.15, -0.1) is 0 Å². The van der Waals surface area contributed by atoms with Crippen molar-refractivity contribution in [3.05, 3.63) is 23.4 Å². The molecule has 0 saturated heterocycles. The zero-order valence-corrected chi connectivity index (χ0v) is 14.0. The van der Waals surface area contributed by atoms with Crippen molar-refractivity contribution in [1.82, 2.24) is 4.98 Å². The van der Waals surface area contributed by atoms with Crippen LogP contribution in [-0.4, -0.2) is 11.1 Å². The van der Waals surface area contributed by atoms with E-state index in [0.717, 1.165) is 31.7 Å². The highest BCUT2D eigenvalue weighted by Crippen LogP contribution is 2.39. The fourth-order valence-corrected chi connectivity index (χ4v) is 3.12. The standard InChI is InChI=1S/C17H25F3N2O/c1-16(2,3)12-5-7-13(8-6-12)23-15-11(10-21)4-9-14(22-15)17(18,19)20/h4,9,12-13H,5-8,10,21H2,1-3H3/p+1. The van der Waals surface area contributed by atoms with Gasteiger partial charge in [-0.05, 0) is 49.1 Å². The Morgan fingerprint density at radius 3 is 2.22 bits per heavy atom. The SMILES string of the molecule is CC(C)(C)C1CCC(Oc2nc(C(F)(F)F)ccc2C[NH3+])CC1. The van der Waals surface area contributed by atoms with E-state index in [9.17, 15) is 13.2 Å². The molecule has 3 nitrogen and oxygen atoms in total. The maximum atomic E-state index is 12.8. The quantitative estimate of drug-likeness (QED) is 0.915. The van der Waals surface area contributed by atoms with Crippen LogP contribution in [0.3, 0.4) is 0 Å². The Balaban J connectivity index is 2.08. The Morgan fingerprint density at radius 1 is 1.13 bits per heavy atom. The molecular weight excluding hydrogens is 305 g/mol. The zero-order chi connectivity index (χ0) is 17.3. The number of halogens is 3. The highest BCUT2D eigenvalue weighted by molar-refractivity contribution is 5.28. The molecule has 0 radical (unpaired) electrons. The Labute approximate surface area is 135 Å². The largest absolute Gasteiger partial charge is 0.474 e. The van der Waals surface area contributed by atoms with Gasteiger partial charge in [-0.3, -0.25) is 0 Å².